The number of ether oxygens (including phenoxy) is 1. The zero-order chi connectivity index (χ0) is 20.4. The van der Waals surface area contributed by atoms with Crippen molar-refractivity contribution in [3.05, 3.63) is 52.2 Å². The molecule has 0 aliphatic carbocycles. The number of hydrogen-bond acceptors (Lipinski definition) is 5. The van der Waals surface area contributed by atoms with Crippen molar-refractivity contribution in [2.24, 2.45) is 13.0 Å². The molecule has 4 rings (SSSR count). The van der Waals surface area contributed by atoms with Crippen LogP contribution >= 0.6 is 11.6 Å². The van der Waals surface area contributed by atoms with Gasteiger partial charge in [0.05, 0.1) is 12.8 Å². The summed E-state index contributed by atoms with van der Waals surface area (Å²) in [7, 11) is 1.73. The second-order valence-electron chi connectivity index (χ2n) is 7.27. The zero-order valence-electron chi connectivity index (χ0n) is 16.1. The number of piperidine rings is 1. The fourth-order valence-electron chi connectivity index (χ4n) is 3.52. The Hall–Kier alpha value is -2.87. The van der Waals surface area contributed by atoms with Crippen LogP contribution in [0.5, 0.6) is 5.75 Å². The number of aromatic nitrogens is 4. The minimum Gasteiger partial charge on any atom is -0.493 e. The molecule has 2 aromatic heterocycles. The highest BCUT2D eigenvalue weighted by Crippen LogP contribution is 2.21. The Morgan fingerprint density at radius 3 is 2.69 bits per heavy atom. The maximum Gasteiger partial charge on any atom is 0.264 e. The van der Waals surface area contributed by atoms with Gasteiger partial charge in [-0.1, -0.05) is 11.6 Å². The van der Waals surface area contributed by atoms with Crippen LogP contribution in [0.1, 0.15) is 12.8 Å². The molecule has 0 radical (unpaired) electrons. The van der Waals surface area contributed by atoms with Gasteiger partial charge in [-0.15, -0.1) is 0 Å². The first-order valence-corrected chi connectivity index (χ1v) is 9.92. The van der Waals surface area contributed by atoms with Crippen LogP contribution in [0.3, 0.4) is 0 Å². The van der Waals surface area contributed by atoms with Gasteiger partial charge in [-0.3, -0.25) is 18.8 Å². The highest BCUT2D eigenvalue weighted by Gasteiger charge is 2.24. The molecule has 8 nitrogen and oxygen atoms in total. The highest BCUT2D eigenvalue weighted by molar-refractivity contribution is 6.30. The summed E-state index contributed by atoms with van der Waals surface area (Å²) in [5.74, 6) is 1.12. The van der Waals surface area contributed by atoms with Crippen molar-refractivity contribution in [3.63, 3.8) is 0 Å². The minimum absolute atomic E-state index is 0.0113. The van der Waals surface area contributed by atoms with E-state index in [2.05, 4.69) is 10.1 Å². The Kier molecular flexibility index (Phi) is 5.53. The highest BCUT2D eigenvalue weighted by atomic mass is 35.5. The predicted octanol–water partition coefficient (Wildman–Crippen LogP) is 2.10. The van der Waals surface area contributed by atoms with Crippen LogP contribution in [-0.4, -0.2) is 49.8 Å². The summed E-state index contributed by atoms with van der Waals surface area (Å²) in [6.07, 6.45) is 4.64. The van der Waals surface area contributed by atoms with Gasteiger partial charge in [-0.25, -0.2) is 4.98 Å². The van der Waals surface area contributed by atoms with Crippen molar-refractivity contribution < 1.29 is 9.53 Å². The van der Waals surface area contributed by atoms with E-state index in [0.29, 0.717) is 41.7 Å². The molecule has 3 heterocycles. The fourth-order valence-corrected chi connectivity index (χ4v) is 3.64. The standard InChI is InChI=1S/C20H22ClN5O3/c1-24-19-17(10-23-24)20(28)26(13-22-19)11-18(27)25-8-6-14(7-9-25)12-29-16-4-2-15(21)3-5-16/h2-5,10,13-14H,6-9,11-12H2,1H3. The van der Waals surface area contributed by atoms with Gasteiger partial charge in [0.2, 0.25) is 5.91 Å². The summed E-state index contributed by atoms with van der Waals surface area (Å²) in [6.45, 7) is 1.92. The molecule has 1 aliphatic rings. The average molecular weight is 416 g/mol. The number of benzene rings is 1. The first kappa shape index (κ1) is 19.4. The lowest BCUT2D eigenvalue weighted by atomic mass is 9.98. The third kappa shape index (κ3) is 4.27. The molecule has 152 valence electrons. The summed E-state index contributed by atoms with van der Waals surface area (Å²) in [4.78, 5) is 31.2. The number of aryl methyl sites for hydroxylation is 1. The Morgan fingerprint density at radius 1 is 1.24 bits per heavy atom. The molecule has 1 aromatic carbocycles. The average Bonchev–Trinajstić information content (AvgIpc) is 3.11. The molecule has 1 aliphatic heterocycles. The van der Waals surface area contributed by atoms with E-state index < -0.39 is 0 Å². The second kappa shape index (κ2) is 8.24. The number of amides is 1. The molecule has 3 aromatic rings. The molecule has 1 amide bonds. The number of carbonyl (C=O) groups is 1. The smallest absolute Gasteiger partial charge is 0.264 e. The van der Waals surface area contributed by atoms with Gasteiger partial charge in [0.15, 0.2) is 5.65 Å². The van der Waals surface area contributed by atoms with Crippen LogP contribution < -0.4 is 10.3 Å². The van der Waals surface area contributed by atoms with Gasteiger partial charge in [-0.05, 0) is 43.0 Å². The number of hydrogen-bond donors (Lipinski definition) is 0. The van der Waals surface area contributed by atoms with Crippen molar-refractivity contribution >= 4 is 28.5 Å². The van der Waals surface area contributed by atoms with Crippen molar-refractivity contribution in [3.8, 4) is 5.75 Å². The van der Waals surface area contributed by atoms with E-state index in [4.69, 9.17) is 16.3 Å². The van der Waals surface area contributed by atoms with Crippen molar-refractivity contribution in [2.75, 3.05) is 19.7 Å². The van der Waals surface area contributed by atoms with E-state index in [1.54, 1.807) is 28.8 Å². The maximum atomic E-state index is 12.7. The largest absolute Gasteiger partial charge is 0.493 e. The Labute approximate surface area is 172 Å². The van der Waals surface area contributed by atoms with Gasteiger partial charge >= 0.3 is 0 Å². The number of carbonyl (C=O) groups excluding carboxylic acids is 1. The maximum absolute atomic E-state index is 12.7. The van der Waals surface area contributed by atoms with Crippen LogP contribution in [0.25, 0.3) is 11.0 Å². The molecule has 0 spiro atoms. The first-order valence-electron chi connectivity index (χ1n) is 9.54. The Balaban J connectivity index is 1.30. The third-order valence-electron chi connectivity index (χ3n) is 5.29. The van der Waals surface area contributed by atoms with Gasteiger partial charge < -0.3 is 9.64 Å². The fraction of sp³-hybridized carbons (Fsp3) is 0.400. The van der Waals surface area contributed by atoms with E-state index in [1.165, 1.54) is 17.1 Å². The van der Waals surface area contributed by atoms with E-state index in [9.17, 15) is 9.59 Å². The lowest BCUT2D eigenvalue weighted by Gasteiger charge is -2.32. The summed E-state index contributed by atoms with van der Waals surface area (Å²) in [5.41, 5.74) is 0.267. The number of fused-ring (bicyclic) bond motifs is 1. The van der Waals surface area contributed by atoms with Gasteiger partial charge in [0.1, 0.15) is 24.0 Å². The lowest BCUT2D eigenvalue weighted by Crippen LogP contribution is -2.42. The van der Waals surface area contributed by atoms with Crippen molar-refractivity contribution in [2.45, 2.75) is 19.4 Å². The molecule has 1 saturated heterocycles. The van der Waals surface area contributed by atoms with E-state index in [1.807, 2.05) is 12.1 Å². The molecule has 9 heteroatoms. The summed E-state index contributed by atoms with van der Waals surface area (Å²) in [5, 5.41) is 5.14. The van der Waals surface area contributed by atoms with Gasteiger partial charge in [0.25, 0.3) is 5.56 Å². The van der Waals surface area contributed by atoms with E-state index in [-0.39, 0.29) is 18.0 Å². The Bertz CT molecular complexity index is 1070. The molecule has 0 unspecified atom stereocenters. The number of halogens is 1. The molecule has 0 bridgehead atoms. The summed E-state index contributed by atoms with van der Waals surface area (Å²) < 4.78 is 8.72. The molecule has 29 heavy (non-hydrogen) atoms. The van der Waals surface area contributed by atoms with Crippen molar-refractivity contribution in [1.29, 1.82) is 0 Å². The normalized spacial score (nSPS) is 15.0. The van der Waals surface area contributed by atoms with Crippen molar-refractivity contribution in [1.82, 2.24) is 24.2 Å². The molecule has 0 atom stereocenters. The summed E-state index contributed by atoms with van der Waals surface area (Å²) >= 11 is 5.88. The van der Waals surface area contributed by atoms with Gasteiger partial charge in [0, 0.05) is 25.2 Å². The number of rotatable bonds is 5. The molecule has 0 saturated carbocycles. The van der Waals surface area contributed by atoms with Crippen LogP contribution in [0, 0.1) is 5.92 Å². The molecule has 0 N–H and O–H groups in total. The summed E-state index contributed by atoms with van der Waals surface area (Å²) in [6, 6.07) is 7.31. The third-order valence-corrected chi connectivity index (χ3v) is 5.54. The molecular formula is C20H22ClN5O3. The zero-order valence-corrected chi connectivity index (χ0v) is 16.9. The SMILES string of the molecule is Cn1ncc2c(=O)n(CC(=O)N3CCC(COc4ccc(Cl)cc4)CC3)cnc21. The van der Waals surface area contributed by atoms with E-state index >= 15 is 0 Å². The number of nitrogens with zero attached hydrogens (tertiary/aromatic N) is 5. The van der Waals surface area contributed by atoms with E-state index in [0.717, 1.165) is 18.6 Å². The van der Waals surface area contributed by atoms with Crippen LogP contribution in [0.15, 0.2) is 41.6 Å². The number of likely N-dealkylation sites (tertiary alicyclic amines) is 1. The minimum atomic E-state index is -0.247. The monoisotopic (exact) mass is 415 g/mol. The van der Waals surface area contributed by atoms with Gasteiger partial charge in [-0.2, -0.15) is 5.10 Å². The molecular weight excluding hydrogens is 394 g/mol. The van der Waals surface area contributed by atoms with Crippen LogP contribution in [0.4, 0.5) is 0 Å². The van der Waals surface area contributed by atoms with Crippen LogP contribution in [-0.2, 0) is 18.4 Å². The topological polar surface area (TPSA) is 82.2 Å². The predicted molar refractivity (Wildman–Crippen MR) is 109 cm³/mol. The lowest BCUT2D eigenvalue weighted by molar-refractivity contribution is -0.133. The Morgan fingerprint density at radius 2 is 1.97 bits per heavy atom. The second-order valence-corrected chi connectivity index (χ2v) is 7.71. The first-order chi connectivity index (χ1) is 14.0. The van der Waals surface area contributed by atoms with Crippen LogP contribution in [0.2, 0.25) is 5.02 Å². The quantitative estimate of drug-likeness (QED) is 0.637. The molecule has 1 fully saturated rings.